The Morgan fingerprint density at radius 1 is 0.947 bits per heavy atom. The lowest BCUT2D eigenvalue weighted by Crippen LogP contribution is -2.26. The molecule has 0 aliphatic carbocycles. The summed E-state index contributed by atoms with van der Waals surface area (Å²) in [4.78, 5) is 44.0. The van der Waals surface area contributed by atoms with Gasteiger partial charge in [-0.1, -0.05) is 30.3 Å². The van der Waals surface area contributed by atoms with Gasteiger partial charge in [-0.2, -0.15) is 0 Å². The highest BCUT2D eigenvalue weighted by Gasteiger charge is 2.17. The van der Waals surface area contributed by atoms with Gasteiger partial charge in [0.1, 0.15) is 5.69 Å². The Morgan fingerprint density at radius 2 is 1.61 bits per heavy atom. The van der Waals surface area contributed by atoms with E-state index in [0.717, 1.165) is 29.4 Å². The van der Waals surface area contributed by atoms with Crippen LogP contribution in [-0.2, 0) is 20.9 Å². The molecule has 0 radical (unpaired) electrons. The number of methoxy groups -OCH3 is 1. The van der Waals surface area contributed by atoms with Crippen molar-refractivity contribution in [1.82, 2.24) is 0 Å². The molecule has 3 aromatic carbocycles. The molecule has 0 saturated heterocycles. The van der Waals surface area contributed by atoms with E-state index in [1.165, 1.54) is 14.0 Å². The first-order valence-corrected chi connectivity index (χ1v) is 11.2. The van der Waals surface area contributed by atoms with E-state index >= 15 is 0 Å². The average molecular weight is 525 g/mol. The maximum Gasteiger partial charge on any atom is 0.307 e. The van der Waals surface area contributed by atoms with Gasteiger partial charge in [-0.15, -0.1) is 0 Å². The number of rotatable bonds is 9. The second-order valence-corrected chi connectivity index (χ2v) is 7.94. The summed E-state index contributed by atoms with van der Waals surface area (Å²) in [6.45, 7) is 2.55. The van der Waals surface area contributed by atoms with Crippen molar-refractivity contribution >= 4 is 46.0 Å². The van der Waals surface area contributed by atoms with Gasteiger partial charge in [0, 0.05) is 31.8 Å². The van der Waals surface area contributed by atoms with Gasteiger partial charge in [0.15, 0.2) is 0 Å². The smallest absolute Gasteiger partial charge is 0.307 e. The third kappa shape index (κ3) is 8.78. The summed E-state index contributed by atoms with van der Waals surface area (Å²) in [5, 5.41) is 23.3. The molecule has 0 unspecified atom stereocenters. The van der Waals surface area contributed by atoms with Crippen molar-refractivity contribution in [2.75, 3.05) is 35.3 Å². The van der Waals surface area contributed by atoms with E-state index in [1.807, 2.05) is 42.5 Å². The zero-order valence-corrected chi connectivity index (χ0v) is 20.8. The minimum Gasteiger partial charge on any atom is -0.469 e. The largest absolute Gasteiger partial charge is 0.469 e. The van der Waals surface area contributed by atoms with Crippen LogP contribution in [0.15, 0.2) is 66.7 Å². The van der Waals surface area contributed by atoms with E-state index in [2.05, 4.69) is 10.2 Å². The van der Waals surface area contributed by atoms with Gasteiger partial charge in [-0.05, 0) is 29.8 Å². The number of nitrogens with two attached hydrogens (primary N) is 2. The molecule has 0 aliphatic heterocycles. The van der Waals surface area contributed by atoms with E-state index in [4.69, 9.17) is 16.2 Å². The summed E-state index contributed by atoms with van der Waals surface area (Å²) in [5.74, 6) is -0.455. The zero-order valence-electron chi connectivity index (χ0n) is 20.8. The molecule has 13 nitrogen and oxygen atoms in total. The summed E-state index contributed by atoms with van der Waals surface area (Å²) in [6.07, 6.45) is 0.267. The monoisotopic (exact) mass is 524 g/mol. The minimum atomic E-state index is -0.762. The number of carbonyl (C=O) groups excluding carboxylic acids is 2. The van der Waals surface area contributed by atoms with E-state index < -0.39 is 15.5 Å². The molecule has 13 heteroatoms. The number of hydrogen-bond donors (Lipinski definition) is 3. The van der Waals surface area contributed by atoms with E-state index in [1.54, 1.807) is 6.07 Å². The minimum absolute atomic E-state index is 0.0874. The Morgan fingerprint density at radius 3 is 2.18 bits per heavy atom. The Balaban J connectivity index is 0.000000328. The van der Waals surface area contributed by atoms with Crippen molar-refractivity contribution < 1.29 is 24.2 Å². The highest BCUT2D eigenvalue weighted by molar-refractivity contribution is 5.93. The van der Waals surface area contributed by atoms with Crippen LogP contribution in [0.1, 0.15) is 18.9 Å². The number of nitro benzene ring substituents is 2. The van der Waals surface area contributed by atoms with Crippen LogP contribution in [0, 0.1) is 20.2 Å². The number of benzene rings is 3. The molecular formula is C25H28N6O7. The fourth-order valence-electron chi connectivity index (χ4n) is 3.27. The predicted octanol–water partition coefficient (Wildman–Crippen LogP) is 3.88. The van der Waals surface area contributed by atoms with E-state index in [0.29, 0.717) is 24.5 Å². The molecule has 3 aromatic rings. The second kappa shape index (κ2) is 13.8. The van der Waals surface area contributed by atoms with Gasteiger partial charge >= 0.3 is 5.97 Å². The van der Waals surface area contributed by atoms with E-state index in [-0.39, 0.29) is 29.7 Å². The number of esters is 1. The maximum atomic E-state index is 11.5. The Hall–Kier alpha value is -5.20. The van der Waals surface area contributed by atoms with Crippen LogP contribution >= 0.6 is 0 Å². The molecule has 0 aliphatic rings. The predicted molar refractivity (Wildman–Crippen MR) is 143 cm³/mol. The number of amides is 1. The molecule has 1 amide bonds. The first kappa shape index (κ1) is 29.0. The van der Waals surface area contributed by atoms with Gasteiger partial charge in [-0.3, -0.25) is 29.8 Å². The van der Waals surface area contributed by atoms with Crippen molar-refractivity contribution in [1.29, 1.82) is 0 Å². The molecule has 3 rings (SSSR count). The Labute approximate surface area is 218 Å². The summed E-state index contributed by atoms with van der Waals surface area (Å²) in [7, 11) is 1.38. The van der Waals surface area contributed by atoms with Crippen LogP contribution in [0.4, 0.5) is 34.1 Å². The second-order valence-electron chi connectivity index (χ2n) is 7.94. The Bertz CT molecular complexity index is 1300. The number of nitro groups is 2. The molecule has 0 atom stereocenters. The summed E-state index contributed by atoms with van der Waals surface area (Å²) < 4.78 is 4.74. The lowest BCUT2D eigenvalue weighted by Gasteiger charge is -2.25. The molecule has 0 aromatic heterocycles. The first-order chi connectivity index (χ1) is 18.0. The number of hydrogen-bond acceptors (Lipinski definition) is 10. The topological polar surface area (TPSA) is 197 Å². The summed E-state index contributed by atoms with van der Waals surface area (Å²) in [6, 6.07) is 18.5. The number of non-ortho nitro benzene ring substituents is 1. The number of carbonyl (C=O) groups is 2. The van der Waals surface area contributed by atoms with E-state index in [9.17, 15) is 29.8 Å². The number of ether oxygens (including phenoxy) is 1. The molecule has 0 bridgehead atoms. The van der Waals surface area contributed by atoms with Crippen molar-refractivity contribution in [3.05, 3.63) is 92.5 Å². The third-order valence-electron chi connectivity index (χ3n) is 5.16. The SMILES string of the molecule is COC(=O)CCN(Cc1ccccc1)c1ccc(N)c(NC(C)=O)c1.Nc1ccc([N+](=O)[O-])cc1[N+](=O)[O-]. The zero-order chi connectivity index (χ0) is 28.2. The van der Waals surface area contributed by atoms with Crippen molar-refractivity contribution in [2.24, 2.45) is 0 Å². The number of nitrogens with zero attached hydrogens (tertiary/aromatic N) is 3. The standard InChI is InChI=1S/C19H23N3O3.C6H5N3O4/c1-14(23)21-18-12-16(8-9-17(18)20)22(11-10-19(24)25-2)13-15-6-4-3-5-7-15;7-5-2-1-4(8(10)11)3-6(5)9(12)13/h3-9,12H,10-11,13,20H2,1-2H3,(H,21,23);1-3H,7H2. The van der Waals surface area contributed by atoms with Gasteiger partial charge in [-0.25, -0.2) is 0 Å². The first-order valence-electron chi connectivity index (χ1n) is 11.2. The molecule has 0 fully saturated rings. The van der Waals surface area contributed by atoms with Crippen LogP contribution < -0.4 is 21.7 Å². The number of nitrogen functional groups attached to an aromatic ring is 2. The highest BCUT2D eigenvalue weighted by Crippen LogP contribution is 2.27. The fourth-order valence-corrected chi connectivity index (χ4v) is 3.27. The molecule has 38 heavy (non-hydrogen) atoms. The molecule has 0 heterocycles. The maximum absolute atomic E-state index is 11.5. The third-order valence-corrected chi connectivity index (χ3v) is 5.16. The van der Waals surface area contributed by atoms with Gasteiger partial charge in [0.25, 0.3) is 11.4 Å². The highest BCUT2D eigenvalue weighted by atomic mass is 16.6. The van der Waals surface area contributed by atoms with Crippen molar-refractivity contribution in [3.63, 3.8) is 0 Å². The van der Waals surface area contributed by atoms with Gasteiger partial charge < -0.3 is 26.4 Å². The van der Waals surface area contributed by atoms with Crippen LogP contribution in [0.2, 0.25) is 0 Å². The fraction of sp³-hybridized carbons (Fsp3) is 0.200. The lowest BCUT2D eigenvalue weighted by atomic mass is 10.1. The lowest BCUT2D eigenvalue weighted by molar-refractivity contribution is -0.393. The quantitative estimate of drug-likeness (QED) is 0.160. The van der Waals surface area contributed by atoms with Gasteiger partial charge in [0.2, 0.25) is 5.91 Å². The molecule has 0 spiro atoms. The Kier molecular flexibility index (Phi) is 10.5. The molecule has 0 saturated carbocycles. The molecular weight excluding hydrogens is 496 g/mol. The van der Waals surface area contributed by atoms with Crippen molar-refractivity contribution in [3.8, 4) is 0 Å². The van der Waals surface area contributed by atoms with Gasteiger partial charge in [0.05, 0.1) is 40.8 Å². The molecule has 200 valence electrons. The number of anilines is 4. The van der Waals surface area contributed by atoms with Crippen LogP contribution in [0.25, 0.3) is 0 Å². The van der Waals surface area contributed by atoms with Crippen LogP contribution in [0.5, 0.6) is 0 Å². The number of nitrogens with one attached hydrogen (secondary N) is 1. The summed E-state index contributed by atoms with van der Waals surface area (Å²) >= 11 is 0. The van der Waals surface area contributed by atoms with Crippen LogP contribution in [0.3, 0.4) is 0 Å². The van der Waals surface area contributed by atoms with Crippen molar-refractivity contribution in [2.45, 2.75) is 19.9 Å². The average Bonchev–Trinajstić information content (AvgIpc) is 2.88. The molecule has 5 N–H and O–H groups in total. The van der Waals surface area contributed by atoms with Crippen LogP contribution in [-0.4, -0.2) is 35.4 Å². The normalized spacial score (nSPS) is 9.95. The summed E-state index contributed by atoms with van der Waals surface area (Å²) in [5.41, 5.74) is 13.3.